The van der Waals surface area contributed by atoms with E-state index in [1.807, 2.05) is 13.1 Å². The fraction of sp³-hybridized carbons (Fsp3) is 0.385. The number of nitrogens with two attached hydrogens (primary N) is 1. The Hall–Kier alpha value is -2.84. The molecule has 1 atom stereocenters. The highest BCUT2D eigenvalue weighted by Crippen LogP contribution is 2.37. The van der Waals surface area contributed by atoms with Gasteiger partial charge in [-0.05, 0) is 13.8 Å². The molecule has 0 saturated heterocycles. The quantitative estimate of drug-likeness (QED) is 0.643. The summed E-state index contributed by atoms with van der Waals surface area (Å²) in [6, 6.07) is 0.0701. The molecule has 1 unspecified atom stereocenters. The van der Waals surface area contributed by atoms with Gasteiger partial charge in [-0.2, -0.15) is 15.1 Å². The van der Waals surface area contributed by atoms with E-state index in [-0.39, 0.29) is 12.0 Å². The molecule has 9 nitrogen and oxygen atoms in total. The summed E-state index contributed by atoms with van der Waals surface area (Å²) in [5, 5.41) is 14.8. The van der Waals surface area contributed by atoms with Crippen LogP contribution in [0.25, 0.3) is 11.0 Å². The second kappa shape index (κ2) is 4.58. The van der Waals surface area contributed by atoms with Gasteiger partial charge in [0.2, 0.25) is 11.8 Å². The lowest BCUT2D eigenvalue weighted by molar-refractivity contribution is 0.315. The predicted molar refractivity (Wildman–Crippen MR) is 80.7 cm³/mol. The molecule has 9 heteroatoms. The van der Waals surface area contributed by atoms with Crippen LogP contribution in [0, 0.1) is 6.92 Å². The van der Waals surface area contributed by atoms with Crippen molar-refractivity contribution in [3.05, 3.63) is 17.5 Å². The minimum Gasteiger partial charge on any atom is -0.474 e. The van der Waals surface area contributed by atoms with Crippen LogP contribution in [0.2, 0.25) is 0 Å². The normalized spacial score (nSPS) is 15.6. The number of anilines is 2. The summed E-state index contributed by atoms with van der Waals surface area (Å²) >= 11 is 0. The molecule has 0 radical (unpaired) electrons. The van der Waals surface area contributed by atoms with Crippen LogP contribution in [-0.4, -0.2) is 43.5 Å². The Bertz CT molecular complexity index is 838. The highest BCUT2D eigenvalue weighted by molar-refractivity contribution is 5.93. The smallest absolute Gasteiger partial charge is 0.246 e. The van der Waals surface area contributed by atoms with E-state index in [4.69, 9.17) is 10.5 Å². The molecular formula is C13H16N8O. The molecule has 114 valence electrons. The standard InChI is InChI=1S/C13H16N8O/c1-6-8(5-15-18-6)7(2)21-3-4-22-12-9-10(19-20-12)16-13(14)17-11(9)21/h5,7H,3-4H2,1-2H3,(H,15,18)(H3,14,16,17,19,20). The van der Waals surface area contributed by atoms with Crippen LogP contribution in [0.5, 0.6) is 5.88 Å². The van der Waals surface area contributed by atoms with Gasteiger partial charge in [-0.1, -0.05) is 0 Å². The Morgan fingerprint density at radius 2 is 2.23 bits per heavy atom. The summed E-state index contributed by atoms with van der Waals surface area (Å²) in [5.74, 6) is 1.46. The van der Waals surface area contributed by atoms with E-state index in [2.05, 4.69) is 42.2 Å². The van der Waals surface area contributed by atoms with Gasteiger partial charge in [0.15, 0.2) is 5.65 Å². The monoisotopic (exact) mass is 300 g/mol. The summed E-state index contributed by atoms with van der Waals surface area (Å²) in [4.78, 5) is 10.7. The molecule has 4 rings (SSSR count). The number of aromatic amines is 2. The van der Waals surface area contributed by atoms with E-state index >= 15 is 0 Å². The average molecular weight is 300 g/mol. The molecule has 3 aromatic rings. The molecule has 3 aromatic heterocycles. The fourth-order valence-corrected chi connectivity index (χ4v) is 2.89. The van der Waals surface area contributed by atoms with Gasteiger partial charge in [-0.15, -0.1) is 5.10 Å². The molecule has 1 aliphatic rings. The summed E-state index contributed by atoms with van der Waals surface area (Å²) in [6.45, 7) is 5.29. The van der Waals surface area contributed by atoms with Crippen molar-refractivity contribution in [1.82, 2.24) is 30.4 Å². The molecule has 0 aromatic carbocycles. The first-order chi connectivity index (χ1) is 10.6. The molecular weight excluding hydrogens is 284 g/mol. The highest BCUT2D eigenvalue weighted by Gasteiger charge is 2.28. The molecule has 4 heterocycles. The Morgan fingerprint density at radius 3 is 3.00 bits per heavy atom. The molecule has 0 spiro atoms. The van der Waals surface area contributed by atoms with E-state index in [0.717, 1.165) is 22.5 Å². The van der Waals surface area contributed by atoms with E-state index in [1.54, 1.807) is 0 Å². The fourth-order valence-electron chi connectivity index (χ4n) is 2.89. The number of nitrogens with one attached hydrogen (secondary N) is 2. The lowest BCUT2D eigenvalue weighted by atomic mass is 10.1. The van der Waals surface area contributed by atoms with Gasteiger partial charge in [-0.3, -0.25) is 10.2 Å². The first-order valence-corrected chi connectivity index (χ1v) is 7.06. The SMILES string of the molecule is Cc1[nH]ncc1C(C)N1CCOc2n[nH]c3nc(N)nc1c23. The molecule has 0 aliphatic carbocycles. The largest absolute Gasteiger partial charge is 0.474 e. The van der Waals surface area contributed by atoms with Gasteiger partial charge in [-0.25, -0.2) is 0 Å². The first-order valence-electron chi connectivity index (χ1n) is 7.06. The van der Waals surface area contributed by atoms with Crippen molar-refractivity contribution in [1.29, 1.82) is 0 Å². The van der Waals surface area contributed by atoms with Gasteiger partial charge in [0.1, 0.15) is 17.8 Å². The zero-order chi connectivity index (χ0) is 15.3. The minimum absolute atomic E-state index is 0.0701. The molecule has 4 N–H and O–H groups in total. The number of rotatable bonds is 2. The molecule has 22 heavy (non-hydrogen) atoms. The van der Waals surface area contributed by atoms with Crippen LogP contribution in [0.4, 0.5) is 11.8 Å². The van der Waals surface area contributed by atoms with Crippen molar-refractivity contribution < 1.29 is 4.74 Å². The number of hydrogen-bond donors (Lipinski definition) is 3. The van der Waals surface area contributed by atoms with Crippen molar-refractivity contribution in [3.8, 4) is 5.88 Å². The molecule has 0 fully saturated rings. The van der Waals surface area contributed by atoms with Gasteiger partial charge < -0.3 is 15.4 Å². The third-order valence-electron chi connectivity index (χ3n) is 4.01. The van der Waals surface area contributed by atoms with E-state index in [0.29, 0.717) is 24.7 Å². The Labute approximate surface area is 125 Å². The van der Waals surface area contributed by atoms with E-state index in [1.165, 1.54) is 0 Å². The molecule has 0 saturated carbocycles. The Kier molecular flexibility index (Phi) is 2.68. The number of aryl methyl sites for hydroxylation is 1. The number of aromatic nitrogens is 6. The number of H-pyrrole nitrogens is 2. The van der Waals surface area contributed by atoms with Gasteiger partial charge in [0.05, 0.1) is 18.8 Å². The second-order valence-corrected chi connectivity index (χ2v) is 5.33. The number of nitrogen functional groups attached to an aromatic ring is 1. The highest BCUT2D eigenvalue weighted by atomic mass is 16.5. The Balaban J connectivity index is 1.89. The summed E-state index contributed by atoms with van der Waals surface area (Å²) in [5.41, 5.74) is 8.56. The van der Waals surface area contributed by atoms with E-state index < -0.39 is 0 Å². The van der Waals surface area contributed by atoms with E-state index in [9.17, 15) is 0 Å². The first kappa shape index (κ1) is 12.9. The van der Waals surface area contributed by atoms with Crippen molar-refractivity contribution in [3.63, 3.8) is 0 Å². The van der Waals surface area contributed by atoms with Crippen LogP contribution < -0.4 is 15.4 Å². The molecule has 0 amide bonds. The lowest BCUT2D eigenvalue weighted by Gasteiger charge is -2.29. The van der Waals surface area contributed by atoms with Crippen LogP contribution in [-0.2, 0) is 0 Å². The summed E-state index contributed by atoms with van der Waals surface area (Å²) < 4.78 is 5.70. The van der Waals surface area contributed by atoms with Gasteiger partial charge >= 0.3 is 0 Å². The van der Waals surface area contributed by atoms with Crippen LogP contribution in [0.15, 0.2) is 6.20 Å². The van der Waals surface area contributed by atoms with Crippen molar-refractivity contribution in [2.45, 2.75) is 19.9 Å². The minimum atomic E-state index is 0.0701. The molecule has 1 aliphatic heterocycles. The van der Waals surface area contributed by atoms with Crippen molar-refractivity contribution in [2.24, 2.45) is 0 Å². The van der Waals surface area contributed by atoms with Gasteiger partial charge in [0, 0.05) is 11.3 Å². The lowest BCUT2D eigenvalue weighted by Crippen LogP contribution is -2.31. The number of nitrogens with zero attached hydrogens (tertiary/aromatic N) is 5. The number of ether oxygens (including phenoxy) is 1. The summed E-state index contributed by atoms with van der Waals surface area (Å²) in [7, 11) is 0. The van der Waals surface area contributed by atoms with Crippen molar-refractivity contribution in [2.75, 3.05) is 23.8 Å². The topological polar surface area (TPSA) is 122 Å². The van der Waals surface area contributed by atoms with Crippen LogP contribution in [0.1, 0.15) is 24.2 Å². The van der Waals surface area contributed by atoms with Crippen LogP contribution >= 0.6 is 0 Å². The third-order valence-corrected chi connectivity index (χ3v) is 4.01. The average Bonchev–Trinajstić information content (AvgIpc) is 3.03. The maximum absolute atomic E-state index is 5.84. The predicted octanol–water partition coefficient (Wildman–Crippen LogP) is 0.927. The maximum atomic E-state index is 5.84. The zero-order valence-electron chi connectivity index (χ0n) is 12.3. The third kappa shape index (κ3) is 1.78. The Morgan fingerprint density at radius 1 is 1.36 bits per heavy atom. The number of hydrogen-bond acceptors (Lipinski definition) is 7. The van der Waals surface area contributed by atoms with Crippen molar-refractivity contribution >= 4 is 22.8 Å². The zero-order valence-corrected chi connectivity index (χ0v) is 12.3. The second-order valence-electron chi connectivity index (χ2n) is 5.33. The van der Waals surface area contributed by atoms with Gasteiger partial charge in [0.25, 0.3) is 0 Å². The molecule has 0 bridgehead atoms. The van der Waals surface area contributed by atoms with Crippen LogP contribution in [0.3, 0.4) is 0 Å². The maximum Gasteiger partial charge on any atom is 0.246 e. The summed E-state index contributed by atoms with van der Waals surface area (Å²) in [6.07, 6.45) is 1.84.